The fraction of sp³-hybridized carbons (Fsp3) is 0.458. The molecule has 34 heavy (non-hydrogen) atoms. The molecular formula is C24H31FN6O2S. The van der Waals surface area contributed by atoms with Crippen molar-refractivity contribution in [2.24, 2.45) is 0 Å². The topological polar surface area (TPSA) is 84.4 Å². The number of pyridine rings is 3. The van der Waals surface area contributed by atoms with Crippen LogP contribution in [0.2, 0.25) is 0 Å². The minimum absolute atomic E-state index is 0.309. The van der Waals surface area contributed by atoms with Crippen molar-refractivity contribution in [3.05, 3.63) is 47.5 Å². The average molecular weight is 487 g/mol. The van der Waals surface area contributed by atoms with E-state index in [0.717, 1.165) is 63.2 Å². The highest BCUT2D eigenvalue weighted by atomic mass is 32.2. The van der Waals surface area contributed by atoms with Gasteiger partial charge >= 0.3 is 0 Å². The van der Waals surface area contributed by atoms with Gasteiger partial charge in [0.1, 0.15) is 11.6 Å². The summed E-state index contributed by atoms with van der Waals surface area (Å²) in [5.74, 6) is 2.35. The molecule has 0 unspecified atom stereocenters. The monoisotopic (exact) mass is 486 g/mol. The SMILES string of the molecule is CNCc1ccc2c(n1)NCCS2.COc1ccc2ncc(F)c(CCN3CCOCC3)c2n1. The van der Waals surface area contributed by atoms with Gasteiger partial charge in [0, 0.05) is 55.0 Å². The first-order chi connectivity index (χ1) is 16.7. The van der Waals surface area contributed by atoms with Gasteiger partial charge in [0.2, 0.25) is 5.88 Å². The van der Waals surface area contributed by atoms with Gasteiger partial charge in [-0.05, 0) is 31.7 Å². The second-order valence-electron chi connectivity index (χ2n) is 7.96. The zero-order valence-electron chi connectivity index (χ0n) is 19.6. The smallest absolute Gasteiger partial charge is 0.213 e. The zero-order valence-corrected chi connectivity index (χ0v) is 20.5. The fourth-order valence-electron chi connectivity index (χ4n) is 3.86. The first kappa shape index (κ1) is 24.6. The predicted molar refractivity (Wildman–Crippen MR) is 133 cm³/mol. The van der Waals surface area contributed by atoms with E-state index in [-0.39, 0.29) is 5.82 Å². The Bertz CT molecular complexity index is 1100. The Morgan fingerprint density at radius 3 is 2.85 bits per heavy atom. The van der Waals surface area contributed by atoms with Gasteiger partial charge in [-0.25, -0.2) is 14.4 Å². The van der Waals surface area contributed by atoms with Crippen LogP contribution < -0.4 is 15.4 Å². The number of thioether (sulfide) groups is 1. The molecule has 0 spiro atoms. The number of hydrogen-bond acceptors (Lipinski definition) is 9. The third-order valence-corrected chi connectivity index (χ3v) is 6.70. The molecule has 0 amide bonds. The van der Waals surface area contributed by atoms with E-state index in [4.69, 9.17) is 9.47 Å². The molecule has 0 aromatic carbocycles. The molecule has 0 saturated carbocycles. The van der Waals surface area contributed by atoms with Crippen LogP contribution in [0.4, 0.5) is 10.2 Å². The van der Waals surface area contributed by atoms with Crippen LogP contribution in [0.5, 0.6) is 5.88 Å². The number of hydrogen-bond donors (Lipinski definition) is 2. The summed E-state index contributed by atoms with van der Waals surface area (Å²) in [7, 11) is 3.48. The molecule has 0 radical (unpaired) electrons. The molecule has 1 saturated heterocycles. The quantitative estimate of drug-likeness (QED) is 0.546. The van der Waals surface area contributed by atoms with Crippen LogP contribution in [0.25, 0.3) is 11.0 Å². The molecule has 182 valence electrons. The first-order valence-corrected chi connectivity index (χ1v) is 12.5. The molecule has 0 aliphatic carbocycles. The van der Waals surface area contributed by atoms with Gasteiger partial charge in [-0.3, -0.25) is 9.88 Å². The van der Waals surface area contributed by atoms with Gasteiger partial charge in [0.15, 0.2) is 0 Å². The molecule has 10 heteroatoms. The Balaban J connectivity index is 0.000000180. The Morgan fingerprint density at radius 2 is 2.06 bits per heavy atom. The molecular weight excluding hydrogens is 455 g/mol. The number of anilines is 1. The molecule has 2 N–H and O–H groups in total. The minimum Gasteiger partial charge on any atom is -0.481 e. The molecule has 0 bridgehead atoms. The largest absolute Gasteiger partial charge is 0.481 e. The highest BCUT2D eigenvalue weighted by molar-refractivity contribution is 7.99. The molecule has 5 heterocycles. The highest BCUT2D eigenvalue weighted by Crippen LogP contribution is 2.29. The summed E-state index contributed by atoms with van der Waals surface area (Å²) < 4.78 is 24.6. The maximum absolute atomic E-state index is 14.1. The minimum atomic E-state index is -0.309. The van der Waals surface area contributed by atoms with E-state index in [2.05, 4.69) is 42.6 Å². The number of morpholine rings is 1. The first-order valence-electron chi connectivity index (χ1n) is 11.5. The fourth-order valence-corrected chi connectivity index (χ4v) is 4.71. The zero-order chi connectivity index (χ0) is 23.8. The van der Waals surface area contributed by atoms with Crippen LogP contribution >= 0.6 is 11.8 Å². The van der Waals surface area contributed by atoms with Gasteiger partial charge in [0.25, 0.3) is 0 Å². The molecule has 1 fully saturated rings. The predicted octanol–water partition coefficient (Wildman–Crippen LogP) is 2.97. The molecule has 3 aromatic rings. The van der Waals surface area contributed by atoms with E-state index < -0.39 is 0 Å². The van der Waals surface area contributed by atoms with Crippen LogP contribution in [0, 0.1) is 5.82 Å². The number of aromatic nitrogens is 3. The van der Waals surface area contributed by atoms with Crippen molar-refractivity contribution in [1.29, 1.82) is 0 Å². The molecule has 2 aliphatic heterocycles. The number of halogens is 1. The van der Waals surface area contributed by atoms with Crippen molar-refractivity contribution < 1.29 is 13.9 Å². The number of methoxy groups -OCH3 is 1. The van der Waals surface area contributed by atoms with Crippen molar-refractivity contribution >= 4 is 28.6 Å². The summed E-state index contributed by atoms with van der Waals surface area (Å²) in [5.41, 5.74) is 2.97. The number of fused-ring (bicyclic) bond motifs is 2. The van der Waals surface area contributed by atoms with Crippen molar-refractivity contribution in [3.63, 3.8) is 0 Å². The summed E-state index contributed by atoms with van der Waals surface area (Å²) in [6.45, 7) is 5.91. The van der Waals surface area contributed by atoms with Gasteiger partial charge < -0.3 is 20.1 Å². The Morgan fingerprint density at radius 1 is 1.21 bits per heavy atom. The Labute approximate surface area is 203 Å². The van der Waals surface area contributed by atoms with Crippen LogP contribution in [-0.4, -0.2) is 79.2 Å². The number of rotatable bonds is 6. The van der Waals surface area contributed by atoms with Crippen molar-refractivity contribution in [1.82, 2.24) is 25.2 Å². The molecule has 5 rings (SSSR count). The Kier molecular flexibility index (Phi) is 8.86. The van der Waals surface area contributed by atoms with Crippen LogP contribution in [0.1, 0.15) is 11.3 Å². The van der Waals surface area contributed by atoms with Crippen LogP contribution in [0.15, 0.2) is 35.4 Å². The standard InChI is InChI=1S/C15H18FN3O2.C9H13N3S/c1-20-14-3-2-13-15(18-14)11(12(16)10-17-13)4-5-19-6-8-21-9-7-19;1-10-6-7-2-3-8-9(12-7)11-4-5-13-8/h2-3,10H,4-9H2,1H3;2-3,10H,4-6H2,1H3,(H,11,12). The lowest BCUT2D eigenvalue weighted by molar-refractivity contribution is 0.0384. The van der Waals surface area contributed by atoms with Crippen LogP contribution in [0.3, 0.4) is 0 Å². The lowest BCUT2D eigenvalue weighted by Gasteiger charge is -2.26. The van der Waals surface area contributed by atoms with E-state index in [1.54, 1.807) is 19.2 Å². The molecule has 0 atom stereocenters. The maximum Gasteiger partial charge on any atom is 0.213 e. The third-order valence-electron chi connectivity index (χ3n) is 5.66. The summed E-state index contributed by atoms with van der Waals surface area (Å²) in [5, 5.41) is 6.40. The third kappa shape index (κ3) is 6.32. The second kappa shape index (κ2) is 12.3. The number of ether oxygens (including phenoxy) is 2. The van der Waals surface area contributed by atoms with E-state index in [1.165, 1.54) is 11.1 Å². The van der Waals surface area contributed by atoms with E-state index in [9.17, 15) is 4.39 Å². The number of nitrogens with one attached hydrogen (secondary N) is 2. The highest BCUT2D eigenvalue weighted by Gasteiger charge is 2.15. The van der Waals surface area contributed by atoms with Gasteiger partial charge in [-0.2, -0.15) is 0 Å². The summed E-state index contributed by atoms with van der Waals surface area (Å²) >= 11 is 1.87. The van der Waals surface area contributed by atoms with Gasteiger partial charge in [-0.15, -0.1) is 11.8 Å². The molecule has 2 aliphatic rings. The molecule has 8 nitrogen and oxygen atoms in total. The summed E-state index contributed by atoms with van der Waals surface area (Å²) in [6, 6.07) is 7.76. The van der Waals surface area contributed by atoms with Crippen molar-refractivity contribution in [2.45, 2.75) is 17.9 Å². The van der Waals surface area contributed by atoms with E-state index in [1.807, 2.05) is 18.8 Å². The summed E-state index contributed by atoms with van der Waals surface area (Å²) in [6.07, 6.45) is 1.87. The Hall–Kier alpha value is -2.53. The average Bonchev–Trinajstić information content (AvgIpc) is 2.89. The number of nitrogens with zero attached hydrogens (tertiary/aromatic N) is 4. The lowest BCUT2D eigenvalue weighted by atomic mass is 10.1. The van der Waals surface area contributed by atoms with E-state index >= 15 is 0 Å². The summed E-state index contributed by atoms with van der Waals surface area (Å²) in [4.78, 5) is 16.5. The van der Waals surface area contributed by atoms with Crippen molar-refractivity contribution in [3.8, 4) is 5.88 Å². The van der Waals surface area contributed by atoms with Crippen LogP contribution in [-0.2, 0) is 17.7 Å². The lowest BCUT2D eigenvalue weighted by Crippen LogP contribution is -2.37. The van der Waals surface area contributed by atoms with E-state index in [0.29, 0.717) is 28.9 Å². The van der Waals surface area contributed by atoms with Gasteiger partial charge in [0.05, 0.1) is 43.2 Å². The normalized spacial score (nSPS) is 15.7. The molecule has 3 aromatic heterocycles. The maximum atomic E-state index is 14.1. The van der Waals surface area contributed by atoms with Gasteiger partial charge in [-0.1, -0.05) is 0 Å². The second-order valence-corrected chi connectivity index (χ2v) is 9.10. The van der Waals surface area contributed by atoms with Crippen molar-refractivity contribution in [2.75, 3.05) is 64.6 Å².